The van der Waals surface area contributed by atoms with Crippen molar-refractivity contribution in [2.24, 2.45) is 0 Å². The molecule has 78 valence electrons. The molecular formula is C7H13N5O2. The van der Waals surface area contributed by atoms with E-state index in [1.807, 2.05) is 6.92 Å². The third-order valence-electron chi connectivity index (χ3n) is 2.31. The van der Waals surface area contributed by atoms with Crippen LogP contribution in [0.3, 0.4) is 0 Å². The highest BCUT2D eigenvalue weighted by Gasteiger charge is 2.30. The number of hydrogen-bond acceptors (Lipinski definition) is 4. The summed E-state index contributed by atoms with van der Waals surface area (Å²) in [5, 5.41) is 29.6. The van der Waals surface area contributed by atoms with Gasteiger partial charge < -0.3 is 20.4 Å². The number of hydrogen-bond donors (Lipinski definition) is 1. The molecule has 0 saturated carbocycles. The van der Waals surface area contributed by atoms with Crippen molar-refractivity contribution < 1.29 is 9.61 Å². The average Bonchev–Trinajstić information content (AvgIpc) is 2.37. The molecule has 14 heavy (non-hydrogen) atoms. The van der Waals surface area contributed by atoms with Crippen LogP contribution in [0.25, 0.3) is 0 Å². The van der Waals surface area contributed by atoms with Crippen molar-refractivity contribution in [3.63, 3.8) is 0 Å². The molecule has 7 heteroatoms. The van der Waals surface area contributed by atoms with Crippen LogP contribution >= 0.6 is 0 Å². The van der Waals surface area contributed by atoms with Gasteiger partial charge in [-0.2, -0.15) is 0 Å². The zero-order valence-corrected chi connectivity index (χ0v) is 8.23. The van der Waals surface area contributed by atoms with Gasteiger partial charge >= 0.3 is 0 Å². The van der Waals surface area contributed by atoms with Crippen molar-refractivity contribution in [1.82, 2.24) is 9.78 Å². The zero-order valence-electron chi connectivity index (χ0n) is 8.23. The van der Waals surface area contributed by atoms with Crippen molar-refractivity contribution in [3.05, 3.63) is 16.1 Å². The fourth-order valence-corrected chi connectivity index (χ4v) is 1.63. The number of nitrogens with zero attached hydrogens (tertiary/aromatic N) is 4. The summed E-state index contributed by atoms with van der Waals surface area (Å²) in [6.45, 7) is 2.93. The van der Waals surface area contributed by atoms with Gasteiger partial charge in [-0.05, 0) is 6.92 Å². The number of nitrogens with one attached hydrogen (secondary N) is 1. The van der Waals surface area contributed by atoms with E-state index in [0.29, 0.717) is 23.0 Å². The molecule has 1 aliphatic heterocycles. The Morgan fingerprint density at radius 2 is 2.43 bits per heavy atom. The van der Waals surface area contributed by atoms with Crippen LogP contribution in [0.4, 0.5) is 5.82 Å². The summed E-state index contributed by atoms with van der Waals surface area (Å²) in [5.41, 5.74) is 0.547. The van der Waals surface area contributed by atoms with Gasteiger partial charge in [0.15, 0.2) is 6.67 Å². The van der Waals surface area contributed by atoms with E-state index in [9.17, 15) is 10.4 Å². The summed E-state index contributed by atoms with van der Waals surface area (Å²) in [6.07, 6.45) is 0. The monoisotopic (exact) mass is 199 g/mol. The lowest BCUT2D eigenvalue weighted by Crippen LogP contribution is -2.44. The van der Waals surface area contributed by atoms with Crippen LogP contribution in [0.5, 0.6) is 0 Å². The van der Waals surface area contributed by atoms with E-state index in [1.165, 1.54) is 4.68 Å². The highest BCUT2D eigenvalue weighted by Crippen LogP contribution is 2.21. The van der Waals surface area contributed by atoms with E-state index in [-0.39, 0.29) is 13.2 Å². The minimum absolute atomic E-state index is 0.248. The standard InChI is InChI=1S/C7H13N5O2/c1-3-10-7-6(9-11(10)13)4-12(2,14)5-8-7/h8H,3-5H2,1-2H3. The van der Waals surface area contributed by atoms with Gasteiger partial charge in [0.2, 0.25) is 11.5 Å². The van der Waals surface area contributed by atoms with Gasteiger partial charge in [-0.25, -0.2) is 0 Å². The normalized spacial score (nSPS) is 25.6. The molecule has 0 aromatic carbocycles. The first-order chi connectivity index (χ1) is 6.53. The van der Waals surface area contributed by atoms with Gasteiger partial charge in [0, 0.05) is 10.1 Å². The minimum Gasteiger partial charge on any atom is -0.631 e. The SMILES string of the molecule is CCn1c2c(n[n+]1[O-])C[N+](C)([O-])CN2. The molecule has 1 atom stereocenters. The first-order valence-electron chi connectivity index (χ1n) is 4.52. The molecular weight excluding hydrogens is 186 g/mol. The van der Waals surface area contributed by atoms with E-state index < -0.39 is 4.65 Å². The lowest BCUT2D eigenvalue weighted by Gasteiger charge is -2.40. The van der Waals surface area contributed by atoms with E-state index in [0.717, 1.165) is 0 Å². The Kier molecular flexibility index (Phi) is 1.86. The van der Waals surface area contributed by atoms with Crippen molar-refractivity contribution in [3.8, 4) is 0 Å². The van der Waals surface area contributed by atoms with Crippen LogP contribution in [0.2, 0.25) is 0 Å². The smallest absolute Gasteiger partial charge is 0.212 e. The number of rotatable bonds is 1. The van der Waals surface area contributed by atoms with Gasteiger partial charge in [-0.15, -0.1) is 0 Å². The molecule has 1 unspecified atom stereocenters. The molecule has 0 saturated heterocycles. The van der Waals surface area contributed by atoms with Crippen LogP contribution in [-0.2, 0) is 13.1 Å². The Labute approximate surface area is 81.3 Å². The number of hydroxylamine groups is 3. The second-order valence-corrected chi connectivity index (χ2v) is 3.65. The molecule has 7 nitrogen and oxygen atoms in total. The molecule has 0 radical (unpaired) electrons. The molecule has 0 fully saturated rings. The molecule has 0 aliphatic carbocycles. The summed E-state index contributed by atoms with van der Waals surface area (Å²) in [6, 6.07) is 0. The van der Waals surface area contributed by atoms with Crippen LogP contribution in [0, 0.1) is 10.4 Å². The molecule has 1 aromatic rings. The second-order valence-electron chi connectivity index (χ2n) is 3.65. The average molecular weight is 199 g/mol. The number of fused-ring (bicyclic) bond motifs is 1. The van der Waals surface area contributed by atoms with Crippen molar-refractivity contribution in [2.75, 3.05) is 19.0 Å². The maximum atomic E-state index is 11.6. The quantitative estimate of drug-likeness (QED) is 0.371. The fraction of sp³-hybridized carbons (Fsp3) is 0.714. The van der Waals surface area contributed by atoms with Gasteiger partial charge in [-0.1, -0.05) is 4.68 Å². The predicted molar refractivity (Wildman–Crippen MR) is 48.6 cm³/mol. The molecule has 0 spiro atoms. The molecule has 1 aromatic heterocycles. The molecule has 0 bridgehead atoms. The minimum atomic E-state index is -0.437. The Morgan fingerprint density at radius 1 is 1.71 bits per heavy atom. The lowest BCUT2D eigenvalue weighted by atomic mass is 10.3. The van der Waals surface area contributed by atoms with E-state index in [1.54, 1.807) is 7.05 Å². The summed E-state index contributed by atoms with van der Waals surface area (Å²) in [5.74, 6) is 0.675. The van der Waals surface area contributed by atoms with Crippen LogP contribution in [0.15, 0.2) is 0 Å². The summed E-state index contributed by atoms with van der Waals surface area (Å²) in [7, 11) is 1.55. The molecule has 1 N–H and O–H groups in total. The van der Waals surface area contributed by atoms with E-state index in [2.05, 4.69) is 10.4 Å². The summed E-state index contributed by atoms with van der Waals surface area (Å²) >= 11 is 0. The summed E-state index contributed by atoms with van der Waals surface area (Å²) in [4.78, 5) is 0.531. The Bertz CT molecular complexity index is 359. The Hall–Kier alpha value is -1.34. The fourth-order valence-electron chi connectivity index (χ4n) is 1.63. The lowest BCUT2D eigenvalue weighted by molar-refractivity contribution is -0.873. The van der Waals surface area contributed by atoms with Crippen molar-refractivity contribution in [1.29, 1.82) is 0 Å². The Balaban J connectivity index is 2.41. The maximum Gasteiger partial charge on any atom is 0.212 e. The maximum absolute atomic E-state index is 11.6. The van der Waals surface area contributed by atoms with Crippen LogP contribution in [-0.4, -0.2) is 28.1 Å². The Morgan fingerprint density at radius 3 is 3.07 bits per heavy atom. The largest absolute Gasteiger partial charge is 0.631 e. The zero-order chi connectivity index (χ0) is 10.3. The van der Waals surface area contributed by atoms with Gasteiger partial charge in [0.25, 0.3) is 0 Å². The number of anilines is 1. The van der Waals surface area contributed by atoms with E-state index in [4.69, 9.17) is 0 Å². The third-order valence-corrected chi connectivity index (χ3v) is 2.31. The topological polar surface area (TPSA) is 79.8 Å². The van der Waals surface area contributed by atoms with Gasteiger partial charge in [0.05, 0.1) is 13.6 Å². The second kappa shape index (κ2) is 2.82. The number of quaternary nitrogens is 1. The van der Waals surface area contributed by atoms with Crippen LogP contribution < -0.4 is 10.3 Å². The predicted octanol–water partition coefficient (Wildman–Crippen LogP) is -0.636. The molecule has 0 amide bonds. The molecule has 1 aliphatic rings. The molecule has 2 heterocycles. The number of aromatic nitrogens is 3. The van der Waals surface area contributed by atoms with Gasteiger partial charge in [0.1, 0.15) is 6.54 Å². The summed E-state index contributed by atoms with van der Waals surface area (Å²) < 4.78 is 1.03. The highest BCUT2D eigenvalue weighted by molar-refractivity contribution is 5.39. The third kappa shape index (κ3) is 1.30. The van der Waals surface area contributed by atoms with E-state index >= 15 is 0 Å². The van der Waals surface area contributed by atoms with Crippen LogP contribution in [0.1, 0.15) is 12.6 Å². The van der Waals surface area contributed by atoms with Crippen molar-refractivity contribution >= 4 is 5.82 Å². The first kappa shape index (κ1) is 9.22. The van der Waals surface area contributed by atoms with Crippen molar-refractivity contribution in [2.45, 2.75) is 20.0 Å². The molecule has 2 rings (SSSR count). The highest BCUT2D eigenvalue weighted by atomic mass is 16.5. The van der Waals surface area contributed by atoms with Gasteiger partial charge in [-0.3, -0.25) is 0 Å². The first-order valence-corrected chi connectivity index (χ1v) is 4.52.